The molecule has 0 aromatic heterocycles. The number of alkyl halides is 2. The van der Waals surface area contributed by atoms with E-state index in [2.05, 4.69) is 5.32 Å². The smallest absolute Gasteiger partial charge is 0.277 e. The minimum absolute atomic E-state index is 0. The van der Waals surface area contributed by atoms with E-state index in [4.69, 9.17) is 5.73 Å². The van der Waals surface area contributed by atoms with Crippen molar-refractivity contribution in [1.82, 2.24) is 10.2 Å². The molecule has 0 aliphatic carbocycles. The van der Waals surface area contributed by atoms with Gasteiger partial charge in [-0.05, 0) is 12.8 Å². The third-order valence-electron chi connectivity index (χ3n) is 2.85. The van der Waals surface area contributed by atoms with Crippen molar-refractivity contribution in [3.8, 4) is 0 Å². The van der Waals surface area contributed by atoms with Crippen LogP contribution in [0.3, 0.4) is 0 Å². The summed E-state index contributed by atoms with van der Waals surface area (Å²) in [5, 5.41) is 2.10. The monoisotopic (exact) mass is 299 g/mol. The maximum atomic E-state index is 12.8. The third-order valence-corrected chi connectivity index (χ3v) is 2.85. The second-order valence-electron chi connectivity index (χ2n) is 4.46. The average molecular weight is 300 g/mol. The molecule has 3 N–H and O–H groups in total. The molecule has 1 fully saturated rings. The van der Waals surface area contributed by atoms with Crippen molar-refractivity contribution < 1.29 is 18.4 Å². The average Bonchev–Trinajstić information content (AvgIpc) is 2.53. The fraction of sp³-hybridized carbons (Fsp3) is 0.818. The van der Waals surface area contributed by atoms with Crippen LogP contribution in [0.5, 0.6) is 0 Å². The standard InChI is InChI=1S/C11H19F2N3O2.ClH/c12-11(13,7-14)8-15-9(17)6-16-5-3-1-2-4-10(16)18;/h1-8,14H2,(H,15,17);1H. The van der Waals surface area contributed by atoms with Gasteiger partial charge in [0, 0.05) is 13.0 Å². The number of hydrogen-bond acceptors (Lipinski definition) is 3. The number of nitrogens with one attached hydrogen (secondary N) is 1. The molecule has 1 saturated heterocycles. The number of rotatable bonds is 5. The van der Waals surface area contributed by atoms with Gasteiger partial charge in [-0.25, -0.2) is 8.78 Å². The Morgan fingerprint density at radius 3 is 2.68 bits per heavy atom. The summed E-state index contributed by atoms with van der Waals surface area (Å²) in [4.78, 5) is 24.5. The normalized spacial score (nSPS) is 16.6. The van der Waals surface area contributed by atoms with E-state index in [1.807, 2.05) is 0 Å². The molecule has 0 radical (unpaired) electrons. The zero-order valence-corrected chi connectivity index (χ0v) is 11.5. The molecule has 0 saturated carbocycles. The van der Waals surface area contributed by atoms with Gasteiger partial charge in [-0.2, -0.15) is 0 Å². The predicted molar refractivity (Wildman–Crippen MR) is 69.3 cm³/mol. The molecule has 1 aliphatic heterocycles. The topological polar surface area (TPSA) is 75.4 Å². The third kappa shape index (κ3) is 6.68. The first kappa shape index (κ1) is 18.0. The molecule has 0 bridgehead atoms. The van der Waals surface area contributed by atoms with Crippen LogP contribution in [-0.2, 0) is 9.59 Å². The zero-order chi connectivity index (χ0) is 13.6. The van der Waals surface area contributed by atoms with Gasteiger partial charge in [0.05, 0.1) is 19.6 Å². The highest BCUT2D eigenvalue weighted by atomic mass is 35.5. The van der Waals surface area contributed by atoms with Crippen LogP contribution in [0.15, 0.2) is 0 Å². The molecule has 2 amide bonds. The fourth-order valence-electron chi connectivity index (χ4n) is 1.74. The van der Waals surface area contributed by atoms with E-state index < -0.39 is 24.9 Å². The van der Waals surface area contributed by atoms with Crippen molar-refractivity contribution >= 4 is 24.2 Å². The van der Waals surface area contributed by atoms with Crippen LogP contribution in [-0.4, -0.2) is 48.8 Å². The second-order valence-corrected chi connectivity index (χ2v) is 4.46. The van der Waals surface area contributed by atoms with Crippen LogP contribution in [0.25, 0.3) is 0 Å². The number of halogens is 3. The number of nitrogens with zero attached hydrogens (tertiary/aromatic N) is 1. The number of amides is 2. The van der Waals surface area contributed by atoms with Gasteiger partial charge in [0.2, 0.25) is 11.8 Å². The van der Waals surface area contributed by atoms with Gasteiger partial charge in [0.25, 0.3) is 5.92 Å². The van der Waals surface area contributed by atoms with Gasteiger partial charge in [-0.1, -0.05) is 6.42 Å². The number of carbonyl (C=O) groups is 2. The van der Waals surface area contributed by atoms with Gasteiger partial charge in [0.1, 0.15) is 0 Å². The highest BCUT2D eigenvalue weighted by Crippen LogP contribution is 2.11. The van der Waals surface area contributed by atoms with Crippen molar-refractivity contribution in [3.63, 3.8) is 0 Å². The molecule has 0 unspecified atom stereocenters. The molecule has 8 heteroatoms. The lowest BCUT2D eigenvalue weighted by atomic mass is 10.2. The Kier molecular flexibility index (Phi) is 7.85. The molecule has 1 heterocycles. The number of hydrogen-bond donors (Lipinski definition) is 2. The molecular weight excluding hydrogens is 280 g/mol. The predicted octanol–water partition coefficient (Wildman–Crippen LogP) is 0.521. The Hall–Kier alpha value is -0.950. The van der Waals surface area contributed by atoms with E-state index in [0.29, 0.717) is 13.0 Å². The van der Waals surface area contributed by atoms with E-state index in [9.17, 15) is 18.4 Å². The van der Waals surface area contributed by atoms with Crippen LogP contribution in [0.2, 0.25) is 0 Å². The Balaban J connectivity index is 0.00000324. The lowest BCUT2D eigenvalue weighted by molar-refractivity contribution is -0.136. The molecule has 112 valence electrons. The summed E-state index contributed by atoms with van der Waals surface area (Å²) in [7, 11) is 0. The molecule has 1 aliphatic rings. The van der Waals surface area contributed by atoms with E-state index in [1.165, 1.54) is 4.90 Å². The zero-order valence-electron chi connectivity index (χ0n) is 10.7. The van der Waals surface area contributed by atoms with Crippen molar-refractivity contribution in [2.45, 2.75) is 31.6 Å². The van der Waals surface area contributed by atoms with Crippen molar-refractivity contribution in [2.24, 2.45) is 5.73 Å². The highest BCUT2D eigenvalue weighted by Gasteiger charge is 2.28. The highest BCUT2D eigenvalue weighted by molar-refractivity contribution is 5.85. The maximum absolute atomic E-state index is 12.8. The lowest BCUT2D eigenvalue weighted by Crippen LogP contribution is -2.46. The molecule has 0 aromatic carbocycles. The van der Waals surface area contributed by atoms with Crippen LogP contribution < -0.4 is 11.1 Å². The summed E-state index contributed by atoms with van der Waals surface area (Å²) >= 11 is 0. The van der Waals surface area contributed by atoms with Crippen LogP contribution in [0, 0.1) is 0 Å². The maximum Gasteiger partial charge on any atom is 0.277 e. The van der Waals surface area contributed by atoms with Crippen molar-refractivity contribution in [2.75, 3.05) is 26.2 Å². The molecule has 0 atom stereocenters. The molecule has 1 rings (SSSR count). The van der Waals surface area contributed by atoms with Crippen LogP contribution in [0.4, 0.5) is 8.78 Å². The molecule has 0 spiro atoms. The number of nitrogens with two attached hydrogens (primary N) is 1. The Morgan fingerprint density at radius 1 is 1.37 bits per heavy atom. The summed E-state index contributed by atoms with van der Waals surface area (Å²) in [6.07, 6.45) is 3.04. The Bertz CT molecular complexity index is 316. The van der Waals surface area contributed by atoms with Crippen LogP contribution >= 0.6 is 12.4 Å². The first-order valence-corrected chi connectivity index (χ1v) is 6.07. The minimum atomic E-state index is -3.10. The van der Waals surface area contributed by atoms with Gasteiger partial charge >= 0.3 is 0 Å². The summed E-state index contributed by atoms with van der Waals surface area (Å²) in [5.74, 6) is -3.76. The second kappa shape index (κ2) is 8.27. The minimum Gasteiger partial charge on any atom is -0.348 e. The van der Waals surface area contributed by atoms with E-state index in [1.54, 1.807) is 0 Å². The van der Waals surface area contributed by atoms with E-state index >= 15 is 0 Å². The van der Waals surface area contributed by atoms with Gasteiger partial charge < -0.3 is 16.0 Å². The van der Waals surface area contributed by atoms with Crippen molar-refractivity contribution in [3.05, 3.63) is 0 Å². The number of likely N-dealkylation sites (tertiary alicyclic amines) is 1. The molecule has 19 heavy (non-hydrogen) atoms. The lowest BCUT2D eigenvalue weighted by Gasteiger charge is -2.21. The quantitative estimate of drug-likeness (QED) is 0.777. The number of carbonyl (C=O) groups excluding carboxylic acids is 2. The largest absolute Gasteiger partial charge is 0.348 e. The molecule has 5 nitrogen and oxygen atoms in total. The van der Waals surface area contributed by atoms with Gasteiger partial charge in [-0.3, -0.25) is 9.59 Å². The summed E-state index contributed by atoms with van der Waals surface area (Å²) in [6.45, 7) is -1.24. The van der Waals surface area contributed by atoms with E-state index in [0.717, 1.165) is 19.3 Å². The molecule has 0 aromatic rings. The Morgan fingerprint density at radius 2 is 2.05 bits per heavy atom. The molecular formula is C11H20ClF2N3O2. The fourth-order valence-corrected chi connectivity index (χ4v) is 1.74. The first-order valence-electron chi connectivity index (χ1n) is 6.07. The van der Waals surface area contributed by atoms with Crippen molar-refractivity contribution in [1.29, 1.82) is 0 Å². The first-order chi connectivity index (χ1) is 8.44. The van der Waals surface area contributed by atoms with Gasteiger partial charge in [0.15, 0.2) is 0 Å². The van der Waals surface area contributed by atoms with Crippen LogP contribution in [0.1, 0.15) is 25.7 Å². The summed E-state index contributed by atoms with van der Waals surface area (Å²) in [5.41, 5.74) is 4.85. The SMILES string of the molecule is Cl.NCC(F)(F)CNC(=O)CN1CCCCCC1=O. The van der Waals surface area contributed by atoms with E-state index in [-0.39, 0.29) is 24.9 Å². The summed E-state index contributed by atoms with van der Waals surface area (Å²) < 4.78 is 25.6. The van der Waals surface area contributed by atoms with Gasteiger partial charge in [-0.15, -0.1) is 12.4 Å². The summed E-state index contributed by atoms with van der Waals surface area (Å²) in [6, 6.07) is 0. The Labute approximate surface area is 117 Å².